The van der Waals surface area contributed by atoms with Crippen molar-refractivity contribution in [1.82, 2.24) is 15.1 Å². The molecule has 21 heavy (non-hydrogen) atoms. The van der Waals surface area contributed by atoms with Gasteiger partial charge in [-0.2, -0.15) is 5.10 Å². The molecule has 3 nitrogen and oxygen atoms in total. The average Bonchev–Trinajstić information content (AvgIpc) is 3.00. The first-order chi connectivity index (χ1) is 10.1. The van der Waals surface area contributed by atoms with Crippen LogP contribution >= 0.6 is 27.3 Å². The number of nitrogens with one attached hydrogen (secondary N) is 1. The minimum Gasteiger partial charge on any atom is -0.309 e. The fraction of sp³-hybridized carbons (Fsp3) is 0.562. The Balaban J connectivity index is 2.24. The Morgan fingerprint density at radius 2 is 2.14 bits per heavy atom. The standard InChI is InChI=1S/C16H24BrN3S/c1-5-9-18-13(15-8-7-11(3)21-15)10-14-16(17)12(6-2)19-20(14)4/h7-8,13,18H,5-6,9-10H2,1-4H3. The quantitative estimate of drug-likeness (QED) is 0.783. The summed E-state index contributed by atoms with van der Waals surface area (Å²) in [7, 11) is 2.04. The van der Waals surface area contributed by atoms with Gasteiger partial charge in [0, 0.05) is 29.3 Å². The lowest BCUT2D eigenvalue weighted by Crippen LogP contribution is -2.24. The smallest absolute Gasteiger partial charge is 0.0766 e. The lowest BCUT2D eigenvalue weighted by Gasteiger charge is -2.17. The number of hydrogen-bond acceptors (Lipinski definition) is 3. The second-order valence-corrected chi connectivity index (χ2v) is 7.46. The van der Waals surface area contributed by atoms with Gasteiger partial charge in [0.25, 0.3) is 0 Å². The second kappa shape index (κ2) is 7.56. The van der Waals surface area contributed by atoms with Gasteiger partial charge in [0.15, 0.2) is 0 Å². The molecule has 0 aliphatic heterocycles. The first-order valence-electron chi connectivity index (χ1n) is 7.56. The SMILES string of the molecule is CCCNC(Cc1c(Br)c(CC)nn1C)c1ccc(C)s1. The fourth-order valence-electron chi connectivity index (χ4n) is 2.47. The van der Waals surface area contributed by atoms with Crippen molar-refractivity contribution < 1.29 is 0 Å². The van der Waals surface area contributed by atoms with Crippen LogP contribution < -0.4 is 5.32 Å². The molecule has 0 fully saturated rings. The van der Waals surface area contributed by atoms with E-state index in [-0.39, 0.29) is 0 Å². The molecular weight excluding hydrogens is 346 g/mol. The molecule has 1 N–H and O–H groups in total. The number of nitrogens with zero attached hydrogens (tertiary/aromatic N) is 2. The van der Waals surface area contributed by atoms with E-state index in [9.17, 15) is 0 Å². The Labute approximate surface area is 139 Å². The first kappa shape index (κ1) is 16.7. The van der Waals surface area contributed by atoms with Crippen molar-refractivity contribution in [3.8, 4) is 0 Å². The van der Waals surface area contributed by atoms with Crippen molar-refractivity contribution in [2.75, 3.05) is 6.54 Å². The lowest BCUT2D eigenvalue weighted by atomic mass is 10.1. The highest BCUT2D eigenvalue weighted by Crippen LogP contribution is 2.29. The van der Waals surface area contributed by atoms with Crippen LogP contribution in [0, 0.1) is 6.92 Å². The molecule has 116 valence electrons. The van der Waals surface area contributed by atoms with E-state index in [1.54, 1.807) is 0 Å². The summed E-state index contributed by atoms with van der Waals surface area (Å²) in [6, 6.07) is 4.81. The summed E-state index contributed by atoms with van der Waals surface area (Å²) in [6.45, 7) is 7.56. The maximum Gasteiger partial charge on any atom is 0.0766 e. The molecule has 1 atom stereocenters. The molecule has 0 aliphatic rings. The van der Waals surface area contributed by atoms with Crippen molar-refractivity contribution in [1.29, 1.82) is 0 Å². The second-order valence-electron chi connectivity index (χ2n) is 5.34. The third-order valence-electron chi connectivity index (χ3n) is 3.65. The first-order valence-corrected chi connectivity index (χ1v) is 9.17. The van der Waals surface area contributed by atoms with Gasteiger partial charge in [-0.3, -0.25) is 4.68 Å². The predicted molar refractivity (Wildman–Crippen MR) is 94.1 cm³/mol. The third kappa shape index (κ3) is 3.96. The van der Waals surface area contributed by atoms with Crippen LogP contribution in [0.3, 0.4) is 0 Å². The van der Waals surface area contributed by atoms with Gasteiger partial charge >= 0.3 is 0 Å². The van der Waals surface area contributed by atoms with Crippen LogP contribution in [0.15, 0.2) is 16.6 Å². The summed E-state index contributed by atoms with van der Waals surface area (Å²) in [5.74, 6) is 0. The fourth-order valence-corrected chi connectivity index (χ4v) is 4.20. The number of hydrogen-bond donors (Lipinski definition) is 1. The van der Waals surface area contributed by atoms with Crippen molar-refractivity contribution in [2.45, 2.75) is 46.1 Å². The van der Waals surface area contributed by atoms with E-state index >= 15 is 0 Å². The van der Waals surface area contributed by atoms with Gasteiger partial charge in [0.1, 0.15) is 0 Å². The molecule has 0 aliphatic carbocycles. The Hall–Kier alpha value is -0.650. The molecule has 0 amide bonds. The van der Waals surface area contributed by atoms with Gasteiger partial charge in [-0.05, 0) is 54.4 Å². The van der Waals surface area contributed by atoms with E-state index in [0.717, 1.165) is 31.5 Å². The third-order valence-corrected chi connectivity index (χ3v) is 5.68. The van der Waals surface area contributed by atoms with E-state index in [4.69, 9.17) is 0 Å². The number of aryl methyl sites for hydroxylation is 3. The molecule has 0 bridgehead atoms. The summed E-state index contributed by atoms with van der Waals surface area (Å²) in [5, 5.41) is 8.28. The van der Waals surface area contributed by atoms with Crippen molar-refractivity contribution in [2.24, 2.45) is 7.05 Å². The average molecular weight is 370 g/mol. The van der Waals surface area contributed by atoms with Crippen LogP contribution in [-0.2, 0) is 19.9 Å². The van der Waals surface area contributed by atoms with Crippen LogP contribution in [0.2, 0.25) is 0 Å². The number of thiophene rings is 1. The summed E-state index contributed by atoms with van der Waals surface area (Å²) in [5.41, 5.74) is 2.41. The zero-order valence-corrected chi connectivity index (χ0v) is 15.6. The molecule has 5 heteroatoms. The van der Waals surface area contributed by atoms with Gasteiger partial charge in [-0.1, -0.05) is 13.8 Å². The molecule has 0 saturated carbocycles. The van der Waals surface area contributed by atoms with E-state index in [1.165, 1.54) is 19.9 Å². The monoisotopic (exact) mass is 369 g/mol. The topological polar surface area (TPSA) is 29.9 Å². The predicted octanol–water partition coefficient (Wildman–Crippen LogP) is 4.40. The van der Waals surface area contributed by atoms with Gasteiger partial charge in [0.2, 0.25) is 0 Å². The zero-order chi connectivity index (χ0) is 15.4. The molecule has 2 aromatic heterocycles. The summed E-state index contributed by atoms with van der Waals surface area (Å²) < 4.78 is 3.19. The molecule has 0 spiro atoms. The molecular formula is C16H24BrN3S. The Bertz CT molecular complexity index is 588. The maximum absolute atomic E-state index is 4.61. The maximum atomic E-state index is 4.61. The van der Waals surface area contributed by atoms with E-state index in [2.05, 4.69) is 59.2 Å². The Kier molecular flexibility index (Phi) is 6.02. The highest BCUT2D eigenvalue weighted by molar-refractivity contribution is 9.10. The molecule has 0 aromatic carbocycles. The van der Waals surface area contributed by atoms with Gasteiger partial charge < -0.3 is 5.32 Å². The molecule has 2 heterocycles. The lowest BCUT2D eigenvalue weighted by molar-refractivity contribution is 0.518. The van der Waals surface area contributed by atoms with Crippen LogP contribution in [0.1, 0.15) is 47.5 Å². The minimum atomic E-state index is 0.361. The van der Waals surface area contributed by atoms with E-state index in [1.807, 2.05) is 23.1 Å². The zero-order valence-electron chi connectivity index (χ0n) is 13.2. The Morgan fingerprint density at radius 1 is 1.38 bits per heavy atom. The summed E-state index contributed by atoms with van der Waals surface area (Å²) in [6.07, 6.45) is 3.07. The van der Waals surface area contributed by atoms with Crippen LogP contribution in [0.4, 0.5) is 0 Å². The van der Waals surface area contributed by atoms with Crippen molar-refractivity contribution >= 4 is 27.3 Å². The highest BCUT2D eigenvalue weighted by atomic mass is 79.9. The minimum absolute atomic E-state index is 0.361. The molecule has 2 rings (SSSR count). The van der Waals surface area contributed by atoms with Crippen molar-refractivity contribution in [3.05, 3.63) is 37.7 Å². The number of aromatic nitrogens is 2. The molecule has 1 unspecified atom stereocenters. The van der Waals surface area contributed by atoms with Gasteiger partial charge in [-0.25, -0.2) is 0 Å². The van der Waals surface area contributed by atoms with E-state index < -0.39 is 0 Å². The molecule has 0 radical (unpaired) electrons. The molecule has 0 saturated heterocycles. The largest absolute Gasteiger partial charge is 0.309 e. The molecule has 2 aromatic rings. The van der Waals surface area contributed by atoms with Crippen LogP contribution in [0.5, 0.6) is 0 Å². The van der Waals surface area contributed by atoms with Crippen LogP contribution in [0.25, 0.3) is 0 Å². The number of rotatable bonds is 7. The van der Waals surface area contributed by atoms with Gasteiger partial charge in [-0.15, -0.1) is 11.3 Å². The van der Waals surface area contributed by atoms with Crippen molar-refractivity contribution in [3.63, 3.8) is 0 Å². The van der Waals surface area contributed by atoms with E-state index in [0.29, 0.717) is 6.04 Å². The normalized spacial score (nSPS) is 12.8. The van der Waals surface area contributed by atoms with Gasteiger partial charge in [0.05, 0.1) is 15.9 Å². The summed E-state index contributed by atoms with van der Waals surface area (Å²) >= 11 is 5.61. The summed E-state index contributed by atoms with van der Waals surface area (Å²) in [4.78, 5) is 2.78. The van der Waals surface area contributed by atoms with Crippen LogP contribution in [-0.4, -0.2) is 16.3 Å². The highest BCUT2D eigenvalue weighted by Gasteiger charge is 2.19. The number of halogens is 1. The Morgan fingerprint density at radius 3 is 2.67 bits per heavy atom.